The zero-order valence-electron chi connectivity index (χ0n) is 16.6. The van der Waals surface area contributed by atoms with Gasteiger partial charge in [-0.2, -0.15) is 0 Å². The van der Waals surface area contributed by atoms with E-state index in [9.17, 15) is 14.0 Å². The summed E-state index contributed by atoms with van der Waals surface area (Å²) >= 11 is 0. The van der Waals surface area contributed by atoms with Crippen molar-refractivity contribution >= 4 is 23.2 Å². The first-order valence-electron chi connectivity index (χ1n) is 10.1. The number of nitrogens with zero attached hydrogens (tertiary/aromatic N) is 1. The SMILES string of the molecule is O=C(Cc1ccc(N(Cc2cccc(F)c2)C(=O)C2CC2)cc1)Nc1ccccc1. The summed E-state index contributed by atoms with van der Waals surface area (Å²) in [4.78, 5) is 26.8. The fraction of sp³-hybridized carbons (Fsp3) is 0.200. The van der Waals surface area contributed by atoms with Gasteiger partial charge in [-0.3, -0.25) is 9.59 Å². The first-order chi connectivity index (χ1) is 14.6. The van der Waals surface area contributed by atoms with E-state index in [0.717, 1.165) is 35.3 Å². The van der Waals surface area contributed by atoms with Crippen LogP contribution in [0.25, 0.3) is 0 Å². The molecule has 0 aliphatic heterocycles. The lowest BCUT2D eigenvalue weighted by atomic mass is 10.1. The van der Waals surface area contributed by atoms with Crippen LogP contribution in [-0.2, 0) is 22.6 Å². The molecule has 152 valence electrons. The molecule has 1 fully saturated rings. The lowest BCUT2D eigenvalue weighted by Crippen LogP contribution is -2.31. The minimum absolute atomic E-state index is 0.0508. The van der Waals surface area contributed by atoms with Crippen LogP contribution in [0.5, 0.6) is 0 Å². The number of nitrogens with one attached hydrogen (secondary N) is 1. The van der Waals surface area contributed by atoms with Gasteiger partial charge in [-0.15, -0.1) is 0 Å². The van der Waals surface area contributed by atoms with E-state index in [1.54, 1.807) is 11.0 Å². The molecule has 4 rings (SSSR count). The van der Waals surface area contributed by atoms with Gasteiger partial charge in [0, 0.05) is 17.3 Å². The van der Waals surface area contributed by atoms with E-state index in [1.807, 2.05) is 60.7 Å². The van der Waals surface area contributed by atoms with Crippen molar-refractivity contribution in [2.24, 2.45) is 5.92 Å². The Bertz CT molecular complexity index is 1030. The second-order valence-corrected chi connectivity index (χ2v) is 7.59. The van der Waals surface area contributed by atoms with E-state index in [2.05, 4.69) is 5.32 Å². The highest BCUT2D eigenvalue weighted by atomic mass is 19.1. The lowest BCUT2D eigenvalue weighted by Gasteiger charge is -2.23. The molecular weight excluding hydrogens is 379 g/mol. The summed E-state index contributed by atoms with van der Waals surface area (Å²) in [6, 6.07) is 23.1. The van der Waals surface area contributed by atoms with Crippen LogP contribution in [0.3, 0.4) is 0 Å². The third-order valence-corrected chi connectivity index (χ3v) is 5.09. The van der Waals surface area contributed by atoms with E-state index in [1.165, 1.54) is 12.1 Å². The quantitative estimate of drug-likeness (QED) is 0.608. The average molecular weight is 402 g/mol. The van der Waals surface area contributed by atoms with Crippen LogP contribution < -0.4 is 10.2 Å². The number of anilines is 2. The molecule has 3 aromatic carbocycles. The predicted octanol–water partition coefficient (Wildman–Crippen LogP) is 4.95. The first-order valence-corrected chi connectivity index (χ1v) is 10.1. The van der Waals surface area contributed by atoms with E-state index < -0.39 is 0 Å². The van der Waals surface area contributed by atoms with Crippen molar-refractivity contribution < 1.29 is 14.0 Å². The lowest BCUT2D eigenvalue weighted by molar-refractivity contribution is -0.120. The third kappa shape index (κ3) is 5.11. The zero-order valence-corrected chi connectivity index (χ0v) is 16.6. The fourth-order valence-electron chi connectivity index (χ4n) is 3.37. The van der Waals surface area contributed by atoms with Crippen molar-refractivity contribution in [2.45, 2.75) is 25.8 Å². The topological polar surface area (TPSA) is 49.4 Å². The molecule has 0 radical (unpaired) electrons. The van der Waals surface area contributed by atoms with Crippen LogP contribution in [0.2, 0.25) is 0 Å². The summed E-state index contributed by atoms with van der Waals surface area (Å²) in [5.41, 5.74) is 3.12. The summed E-state index contributed by atoms with van der Waals surface area (Å²) in [7, 11) is 0. The molecule has 0 unspecified atom stereocenters. The summed E-state index contributed by atoms with van der Waals surface area (Å²) in [5, 5.41) is 2.87. The predicted molar refractivity (Wildman–Crippen MR) is 116 cm³/mol. The van der Waals surface area contributed by atoms with Crippen LogP contribution in [0, 0.1) is 11.7 Å². The van der Waals surface area contributed by atoms with E-state index in [4.69, 9.17) is 0 Å². The Morgan fingerprint density at radius 1 is 0.900 bits per heavy atom. The minimum Gasteiger partial charge on any atom is -0.326 e. The van der Waals surface area contributed by atoms with Crippen LogP contribution >= 0.6 is 0 Å². The second kappa shape index (κ2) is 8.91. The van der Waals surface area contributed by atoms with Crippen LogP contribution in [0.15, 0.2) is 78.9 Å². The molecule has 1 saturated carbocycles. The molecule has 0 aromatic heterocycles. The molecule has 1 aliphatic carbocycles. The number of amides is 2. The van der Waals surface area contributed by atoms with Gasteiger partial charge in [0.1, 0.15) is 5.82 Å². The summed E-state index contributed by atoms with van der Waals surface area (Å²) < 4.78 is 13.6. The van der Waals surface area contributed by atoms with Crippen LogP contribution in [-0.4, -0.2) is 11.8 Å². The van der Waals surface area contributed by atoms with Gasteiger partial charge < -0.3 is 10.2 Å². The molecular formula is C25H23FN2O2. The van der Waals surface area contributed by atoms with Crippen molar-refractivity contribution in [1.82, 2.24) is 0 Å². The molecule has 30 heavy (non-hydrogen) atoms. The van der Waals surface area contributed by atoms with Gasteiger partial charge in [0.05, 0.1) is 13.0 Å². The Labute approximate surface area is 175 Å². The molecule has 3 aromatic rings. The second-order valence-electron chi connectivity index (χ2n) is 7.59. The van der Waals surface area contributed by atoms with Crippen molar-refractivity contribution in [2.75, 3.05) is 10.2 Å². The number of halogens is 1. The van der Waals surface area contributed by atoms with Gasteiger partial charge in [0.2, 0.25) is 11.8 Å². The van der Waals surface area contributed by atoms with Crippen molar-refractivity contribution in [3.63, 3.8) is 0 Å². The Kier molecular flexibility index (Phi) is 5.89. The Morgan fingerprint density at radius 3 is 2.30 bits per heavy atom. The molecule has 2 amide bonds. The third-order valence-electron chi connectivity index (χ3n) is 5.09. The van der Waals surface area contributed by atoms with Gasteiger partial charge in [-0.25, -0.2) is 4.39 Å². The number of carbonyl (C=O) groups excluding carboxylic acids is 2. The highest BCUT2D eigenvalue weighted by Gasteiger charge is 2.34. The first kappa shape index (κ1) is 19.8. The van der Waals surface area contributed by atoms with Crippen molar-refractivity contribution in [1.29, 1.82) is 0 Å². The maximum Gasteiger partial charge on any atom is 0.230 e. The van der Waals surface area contributed by atoms with Gasteiger partial charge in [0.25, 0.3) is 0 Å². The van der Waals surface area contributed by atoms with Gasteiger partial charge in [-0.1, -0.05) is 42.5 Å². The normalized spacial score (nSPS) is 13.0. The Hall–Kier alpha value is -3.47. The molecule has 0 bridgehead atoms. The molecule has 1 aliphatic rings. The number of carbonyl (C=O) groups is 2. The summed E-state index contributed by atoms with van der Waals surface area (Å²) in [5.74, 6) is -0.297. The number of benzene rings is 3. The number of hydrogen-bond donors (Lipinski definition) is 1. The molecule has 0 heterocycles. The maximum absolute atomic E-state index is 13.6. The maximum atomic E-state index is 13.6. The van der Waals surface area contributed by atoms with E-state index in [-0.39, 0.29) is 30.0 Å². The van der Waals surface area contributed by atoms with Gasteiger partial charge >= 0.3 is 0 Å². The minimum atomic E-state index is -0.314. The highest BCUT2D eigenvalue weighted by molar-refractivity contribution is 5.96. The van der Waals surface area contributed by atoms with Crippen LogP contribution in [0.1, 0.15) is 24.0 Å². The number of hydrogen-bond acceptors (Lipinski definition) is 2. The smallest absolute Gasteiger partial charge is 0.230 e. The van der Waals surface area contributed by atoms with Gasteiger partial charge in [-0.05, 0) is 60.4 Å². The average Bonchev–Trinajstić information content (AvgIpc) is 3.58. The Morgan fingerprint density at radius 2 is 1.63 bits per heavy atom. The van der Waals surface area contributed by atoms with Crippen molar-refractivity contribution in [3.8, 4) is 0 Å². The molecule has 0 spiro atoms. The fourth-order valence-corrected chi connectivity index (χ4v) is 3.37. The monoisotopic (exact) mass is 402 g/mol. The molecule has 1 N–H and O–H groups in total. The van der Waals surface area contributed by atoms with Gasteiger partial charge in [0.15, 0.2) is 0 Å². The number of rotatable bonds is 7. The number of para-hydroxylation sites is 1. The summed E-state index contributed by atoms with van der Waals surface area (Å²) in [6.07, 6.45) is 2.04. The van der Waals surface area contributed by atoms with Crippen LogP contribution in [0.4, 0.5) is 15.8 Å². The van der Waals surface area contributed by atoms with E-state index >= 15 is 0 Å². The summed E-state index contributed by atoms with van der Waals surface area (Å²) in [6.45, 7) is 0.320. The van der Waals surface area contributed by atoms with Crippen molar-refractivity contribution in [3.05, 3.63) is 95.8 Å². The molecule has 0 atom stereocenters. The Balaban J connectivity index is 1.46. The largest absolute Gasteiger partial charge is 0.326 e. The zero-order chi connectivity index (χ0) is 20.9. The molecule has 5 heteroatoms. The molecule has 0 saturated heterocycles. The molecule has 4 nitrogen and oxygen atoms in total. The highest BCUT2D eigenvalue weighted by Crippen LogP contribution is 2.33. The van der Waals surface area contributed by atoms with E-state index in [0.29, 0.717) is 6.54 Å². The standard InChI is InChI=1S/C25H23FN2O2/c26-21-6-4-5-19(15-21)17-28(25(30)20-11-12-20)23-13-9-18(10-14-23)16-24(29)27-22-7-2-1-3-8-22/h1-10,13-15,20H,11-12,16-17H2,(H,27,29).